The van der Waals surface area contributed by atoms with E-state index in [1.54, 1.807) is 0 Å². The zero-order valence-electron chi connectivity index (χ0n) is 10.3. The monoisotopic (exact) mass is 219 g/mol. The molecule has 88 valence electrons. The molecule has 2 rings (SSSR count). The molecule has 0 amide bonds. The maximum atomic E-state index is 5.70. The average molecular weight is 219 g/mol. The van der Waals surface area contributed by atoms with Gasteiger partial charge in [0.05, 0.1) is 6.10 Å². The standard InChI is InChI=1S/C14H21NO/c1-11-6-7-14(12(2)9-11)15-10-13-5-3-4-8-16-13/h6-7,9,13,15H,3-5,8,10H2,1-2H3. The first kappa shape index (κ1) is 11.5. The molecule has 2 heteroatoms. The Morgan fingerprint density at radius 1 is 1.31 bits per heavy atom. The van der Waals surface area contributed by atoms with Gasteiger partial charge < -0.3 is 10.1 Å². The number of benzene rings is 1. The van der Waals surface area contributed by atoms with E-state index >= 15 is 0 Å². The third kappa shape index (κ3) is 2.99. The number of rotatable bonds is 3. The van der Waals surface area contributed by atoms with E-state index in [9.17, 15) is 0 Å². The third-order valence-corrected chi connectivity index (χ3v) is 3.18. The summed E-state index contributed by atoms with van der Waals surface area (Å²) in [6.45, 7) is 6.14. The quantitative estimate of drug-likeness (QED) is 0.842. The summed E-state index contributed by atoms with van der Waals surface area (Å²) in [4.78, 5) is 0. The van der Waals surface area contributed by atoms with Crippen molar-refractivity contribution in [2.45, 2.75) is 39.2 Å². The minimum Gasteiger partial charge on any atom is -0.382 e. The summed E-state index contributed by atoms with van der Waals surface area (Å²) < 4.78 is 5.70. The van der Waals surface area contributed by atoms with E-state index in [0.29, 0.717) is 6.10 Å². The lowest BCUT2D eigenvalue weighted by Gasteiger charge is -2.23. The van der Waals surface area contributed by atoms with Gasteiger partial charge in [-0.3, -0.25) is 0 Å². The molecule has 1 atom stereocenters. The number of anilines is 1. The summed E-state index contributed by atoms with van der Waals surface area (Å²) >= 11 is 0. The highest BCUT2D eigenvalue weighted by atomic mass is 16.5. The molecule has 1 saturated heterocycles. The Morgan fingerprint density at radius 3 is 2.88 bits per heavy atom. The largest absolute Gasteiger partial charge is 0.382 e. The van der Waals surface area contributed by atoms with Gasteiger partial charge in [-0.25, -0.2) is 0 Å². The average Bonchev–Trinajstić information content (AvgIpc) is 2.29. The molecular formula is C14H21NO. The number of hydrogen-bond acceptors (Lipinski definition) is 2. The molecule has 0 bridgehead atoms. The summed E-state index contributed by atoms with van der Waals surface area (Å²) in [5.74, 6) is 0. The summed E-state index contributed by atoms with van der Waals surface area (Å²) in [6, 6.07) is 6.52. The van der Waals surface area contributed by atoms with Crippen LogP contribution in [0.4, 0.5) is 5.69 Å². The first-order valence-corrected chi connectivity index (χ1v) is 6.18. The zero-order valence-corrected chi connectivity index (χ0v) is 10.3. The zero-order chi connectivity index (χ0) is 11.4. The summed E-state index contributed by atoms with van der Waals surface area (Å²) in [7, 11) is 0. The van der Waals surface area contributed by atoms with Crippen molar-refractivity contribution in [1.29, 1.82) is 0 Å². The highest BCUT2D eigenvalue weighted by Gasteiger charge is 2.13. The van der Waals surface area contributed by atoms with Gasteiger partial charge in [-0.1, -0.05) is 17.7 Å². The number of hydrogen-bond donors (Lipinski definition) is 1. The molecule has 2 nitrogen and oxygen atoms in total. The molecule has 0 saturated carbocycles. The molecule has 1 aromatic rings. The minimum atomic E-state index is 0.398. The fourth-order valence-corrected chi connectivity index (χ4v) is 2.20. The van der Waals surface area contributed by atoms with Gasteiger partial charge in [-0.05, 0) is 44.7 Å². The van der Waals surface area contributed by atoms with Crippen molar-refractivity contribution in [3.8, 4) is 0 Å². The van der Waals surface area contributed by atoms with Crippen molar-refractivity contribution in [3.05, 3.63) is 29.3 Å². The van der Waals surface area contributed by atoms with Crippen LogP contribution in [0.15, 0.2) is 18.2 Å². The van der Waals surface area contributed by atoms with Crippen molar-refractivity contribution in [2.24, 2.45) is 0 Å². The lowest BCUT2D eigenvalue weighted by atomic mass is 10.1. The second-order valence-corrected chi connectivity index (χ2v) is 4.69. The molecule has 1 fully saturated rings. The van der Waals surface area contributed by atoms with Gasteiger partial charge in [-0.2, -0.15) is 0 Å². The van der Waals surface area contributed by atoms with Gasteiger partial charge in [0.25, 0.3) is 0 Å². The van der Waals surface area contributed by atoms with Crippen LogP contribution in [0.2, 0.25) is 0 Å². The van der Waals surface area contributed by atoms with Gasteiger partial charge in [0.2, 0.25) is 0 Å². The molecule has 0 spiro atoms. The van der Waals surface area contributed by atoms with Crippen LogP contribution in [0.1, 0.15) is 30.4 Å². The van der Waals surface area contributed by atoms with E-state index in [1.165, 1.54) is 36.1 Å². The number of ether oxygens (including phenoxy) is 1. The fourth-order valence-electron chi connectivity index (χ4n) is 2.20. The Labute approximate surface area is 98.0 Å². The Hall–Kier alpha value is -1.02. The Bertz CT molecular complexity index is 343. The topological polar surface area (TPSA) is 21.3 Å². The second kappa shape index (κ2) is 5.35. The maximum absolute atomic E-state index is 5.70. The molecule has 16 heavy (non-hydrogen) atoms. The van der Waals surface area contributed by atoms with E-state index in [-0.39, 0.29) is 0 Å². The molecule has 0 radical (unpaired) electrons. The van der Waals surface area contributed by atoms with Gasteiger partial charge in [0.15, 0.2) is 0 Å². The van der Waals surface area contributed by atoms with Crippen LogP contribution in [0, 0.1) is 13.8 Å². The Kier molecular flexibility index (Phi) is 3.83. The third-order valence-electron chi connectivity index (χ3n) is 3.18. The van der Waals surface area contributed by atoms with Crippen LogP contribution >= 0.6 is 0 Å². The SMILES string of the molecule is Cc1ccc(NCC2CCCCO2)c(C)c1. The van der Waals surface area contributed by atoms with E-state index in [4.69, 9.17) is 4.74 Å². The van der Waals surface area contributed by atoms with E-state index < -0.39 is 0 Å². The first-order chi connectivity index (χ1) is 7.75. The molecule has 0 aliphatic carbocycles. The van der Waals surface area contributed by atoms with Crippen LogP contribution in [-0.2, 0) is 4.74 Å². The van der Waals surface area contributed by atoms with Crippen molar-refractivity contribution < 1.29 is 4.74 Å². The summed E-state index contributed by atoms with van der Waals surface area (Å²) in [5, 5.41) is 3.48. The molecule has 1 aromatic carbocycles. The fraction of sp³-hybridized carbons (Fsp3) is 0.571. The van der Waals surface area contributed by atoms with Gasteiger partial charge in [0, 0.05) is 18.8 Å². The predicted molar refractivity (Wildman–Crippen MR) is 68.0 cm³/mol. The minimum absolute atomic E-state index is 0.398. The highest BCUT2D eigenvalue weighted by Crippen LogP contribution is 2.18. The van der Waals surface area contributed by atoms with Gasteiger partial charge >= 0.3 is 0 Å². The van der Waals surface area contributed by atoms with Crippen LogP contribution < -0.4 is 5.32 Å². The Morgan fingerprint density at radius 2 is 2.19 bits per heavy atom. The molecule has 1 heterocycles. The van der Waals surface area contributed by atoms with Crippen LogP contribution in [0.5, 0.6) is 0 Å². The van der Waals surface area contributed by atoms with Crippen LogP contribution in [0.3, 0.4) is 0 Å². The molecule has 1 aliphatic heterocycles. The summed E-state index contributed by atoms with van der Waals surface area (Å²) in [6.07, 6.45) is 4.12. The van der Waals surface area contributed by atoms with Gasteiger partial charge in [0.1, 0.15) is 0 Å². The predicted octanol–water partition coefficient (Wildman–Crippen LogP) is 3.28. The van der Waals surface area contributed by atoms with E-state index in [0.717, 1.165) is 13.2 Å². The summed E-state index contributed by atoms with van der Waals surface area (Å²) in [5.41, 5.74) is 3.87. The molecular weight excluding hydrogens is 198 g/mol. The van der Waals surface area contributed by atoms with Gasteiger partial charge in [-0.15, -0.1) is 0 Å². The van der Waals surface area contributed by atoms with E-state index in [1.807, 2.05) is 0 Å². The number of aryl methyl sites for hydroxylation is 2. The normalized spacial score (nSPS) is 20.8. The molecule has 1 aliphatic rings. The van der Waals surface area contributed by atoms with Crippen molar-refractivity contribution in [2.75, 3.05) is 18.5 Å². The van der Waals surface area contributed by atoms with Crippen molar-refractivity contribution >= 4 is 5.69 Å². The van der Waals surface area contributed by atoms with Crippen LogP contribution in [0.25, 0.3) is 0 Å². The molecule has 1 unspecified atom stereocenters. The smallest absolute Gasteiger partial charge is 0.0747 e. The maximum Gasteiger partial charge on any atom is 0.0747 e. The lowest BCUT2D eigenvalue weighted by molar-refractivity contribution is 0.0247. The van der Waals surface area contributed by atoms with E-state index in [2.05, 4.69) is 37.4 Å². The second-order valence-electron chi connectivity index (χ2n) is 4.69. The highest BCUT2D eigenvalue weighted by molar-refractivity contribution is 5.51. The number of nitrogens with one attached hydrogen (secondary N) is 1. The lowest BCUT2D eigenvalue weighted by Crippen LogP contribution is -2.27. The molecule has 0 aromatic heterocycles. The first-order valence-electron chi connectivity index (χ1n) is 6.18. The van der Waals surface area contributed by atoms with Crippen molar-refractivity contribution in [3.63, 3.8) is 0 Å². The van der Waals surface area contributed by atoms with Crippen LogP contribution in [-0.4, -0.2) is 19.3 Å². The van der Waals surface area contributed by atoms with Crippen molar-refractivity contribution in [1.82, 2.24) is 0 Å². The molecule has 1 N–H and O–H groups in total. The Balaban J connectivity index is 1.88.